The third-order valence-corrected chi connectivity index (χ3v) is 2.04. The van der Waals surface area contributed by atoms with E-state index in [1.807, 2.05) is 0 Å². The van der Waals surface area contributed by atoms with Crippen molar-refractivity contribution < 1.29 is 28.2 Å². The minimum Gasteiger partial charge on any atom is -0.386 e. The SMILES string of the molecule is C[C@H](O)C(F)(F)P(=O)(O)O. The minimum absolute atomic E-state index is 0.610. The number of alkyl halides is 2. The fraction of sp³-hybridized carbons (Fsp3) is 1.00. The summed E-state index contributed by atoms with van der Waals surface area (Å²) in [5.41, 5.74) is -4.34. The van der Waals surface area contributed by atoms with Crippen LogP contribution in [0.1, 0.15) is 6.92 Å². The van der Waals surface area contributed by atoms with Crippen LogP contribution in [0.25, 0.3) is 0 Å². The molecule has 0 aromatic heterocycles. The van der Waals surface area contributed by atoms with E-state index in [1.54, 1.807) is 0 Å². The Bertz CT molecular complexity index is 162. The number of hydrogen-bond acceptors (Lipinski definition) is 2. The van der Waals surface area contributed by atoms with Gasteiger partial charge in [0.25, 0.3) is 0 Å². The molecule has 0 radical (unpaired) electrons. The molecule has 7 heteroatoms. The first-order valence-electron chi connectivity index (χ1n) is 2.31. The van der Waals surface area contributed by atoms with Gasteiger partial charge >= 0.3 is 13.3 Å². The summed E-state index contributed by atoms with van der Waals surface area (Å²) in [5, 5.41) is 8.17. The maximum Gasteiger partial charge on any atom is 0.397 e. The van der Waals surface area contributed by atoms with E-state index in [2.05, 4.69) is 0 Å². The quantitative estimate of drug-likeness (QED) is 0.523. The molecule has 0 amide bonds. The van der Waals surface area contributed by atoms with E-state index >= 15 is 0 Å². The van der Waals surface area contributed by atoms with E-state index in [0.29, 0.717) is 6.92 Å². The van der Waals surface area contributed by atoms with Crippen LogP contribution in [-0.2, 0) is 4.57 Å². The Morgan fingerprint density at radius 3 is 1.80 bits per heavy atom. The number of aliphatic hydroxyl groups is 1. The van der Waals surface area contributed by atoms with Gasteiger partial charge in [-0.15, -0.1) is 0 Å². The number of halogens is 2. The molecule has 0 saturated heterocycles. The minimum atomic E-state index is -5.51. The summed E-state index contributed by atoms with van der Waals surface area (Å²) < 4.78 is 34.0. The number of aliphatic hydroxyl groups excluding tert-OH is 1. The van der Waals surface area contributed by atoms with Gasteiger partial charge in [-0.05, 0) is 6.92 Å². The van der Waals surface area contributed by atoms with Crippen LogP contribution in [0.3, 0.4) is 0 Å². The lowest BCUT2D eigenvalue weighted by atomic mass is 10.4. The predicted molar refractivity (Wildman–Crippen MR) is 28.7 cm³/mol. The molecule has 0 aromatic rings. The second kappa shape index (κ2) is 2.54. The molecule has 3 N–H and O–H groups in total. The number of hydrogen-bond donors (Lipinski definition) is 3. The molecule has 0 heterocycles. The van der Waals surface area contributed by atoms with Gasteiger partial charge in [-0.2, -0.15) is 8.78 Å². The molecule has 0 unspecified atom stereocenters. The Kier molecular flexibility index (Phi) is 2.53. The standard InChI is InChI=1S/C3H7F2O4P/c1-2(6)3(4,5)10(7,8)9/h2,6H,1H3,(H2,7,8,9)/t2-/m0/s1. The zero-order valence-electron chi connectivity index (χ0n) is 5.03. The predicted octanol–water partition coefficient (Wildman–Crippen LogP) is 0.138. The normalized spacial score (nSPS) is 17.0. The van der Waals surface area contributed by atoms with Crippen LogP contribution in [0, 0.1) is 0 Å². The van der Waals surface area contributed by atoms with Crippen molar-refractivity contribution in [1.82, 2.24) is 0 Å². The zero-order chi connectivity index (χ0) is 8.58. The summed E-state index contributed by atoms with van der Waals surface area (Å²) in [6.45, 7) is 0.610. The molecule has 0 spiro atoms. The molecule has 0 saturated carbocycles. The molecular weight excluding hydrogens is 169 g/mol. The van der Waals surface area contributed by atoms with E-state index in [9.17, 15) is 13.3 Å². The van der Waals surface area contributed by atoms with E-state index in [1.165, 1.54) is 0 Å². The lowest BCUT2D eigenvalue weighted by Gasteiger charge is -2.19. The van der Waals surface area contributed by atoms with Crippen LogP contribution in [-0.4, -0.2) is 26.7 Å². The summed E-state index contributed by atoms with van der Waals surface area (Å²) in [6.07, 6.45) is -2.34. The summed E-state index contributed by atoms with van der Waals surface area (Å²) in [6, 6.07) is 0. The van der Waals surface area contributed by atoms with Crippen molar-refractivity contribution in [2.24, 2.45) is 0 Å². The molecular formula is C3H7F2O4P. The van der Waals surface area contributed by atoms with Crippen molar-refractivity contribution in [1.29, 1.82) is 0 Å². The fourth-order valence-electron chi connectivity index (χ4n) is 0.243. The molecule has 0 bridgehead atoms. The van der Waals surface area contributed by atoms with E-state index in [4.69, 9.17) is 14.9 Å². The Morgan fingerprint density at radius 2 is 1.80 bits per heavy atom. The highest BCUT2D eigenvalue weighted by molar-refractivity contribution is 7.53. The van der Waals surface area contributed by atoms with Gasteiger partial charge in [0, 0.05) is 0 Å². The Hall–Kier alpha value is -0.0300. The summed E-state index contributed by atoms with van der Waals surface area (Å²) in [4.78, 5) is 15.8. The van der Waals surface area contributed by atoms with E-state index < -0.39 is 19.4 Å². The van der Waals surface area contributed by atoms with Crippen molar-refractivity contribution in [2.45, 2.75) is 18.7 Å². The van der Waals surface area contributed by atoms with Crippen molar-refractivity contribution >= 4 is 7.60 Å². The Morgan fingerprint density at radius 1 is 1.50 bits per heavy atom. The van der Waals surface area contributed by atoms with Crippen molar-refractivity contribution in [3.63, 3.8) is 0 Å². The van der Waals surface area contributed by atoms with Crippen LogP contribution in [0.4, 0.5) is 8.78 Å². The zero-order valence-corrected chi connectivity index (χ0v) is 5.92. The van der Waals surface area contributed by atoms with Gasteiger partial charge in [-0.1, -0.05) is 0 Å². The first kappa shape index (κ1) is 9.97. The Labute approximate surface area is 55.6 Å². The highest BCUT2D eigenvalue weighted by Gasteiger charge is 2.52. The third kappa shape index (κ3) is 1.73. The summed E-state index contributed by atoms with van der Waals surface area (Å²) >= 11 is 0. The van der Waals surface area contributed by atoms with Gasteiger partial charge in [0.05, 0.1) is 0 Å². The first-order chi connectivity index (χ1) is 4.19. The lowest BCUT2D eigenvalue weighted by molar-refractivity contribution is -0.0490. The van der Waals surface area contributed by atoms with Gasteiger partial charge in [-0.25, -0.2) is 0 Å². The van der Waals surface area contributed by atoms with Gasteiger partial charge in [-0.3, -0.25) is 4.57 Å². The summed E-state index contributed by atoms with van der Waals surface area (Å²) in [5.74, 6) is 0. The molecule has 0 fully saturated rings. The van der Waals surface area contributed by atoms with Gasteiger partial charge < -0.3 is 14.9 Å². The molecule has 1 atom stereocenters. The highest BCUT2D eigenvalue weighted by atomic mass is 31.2. The molecule has 0 aliphatic heterocycles. The maximum absolute atomic E-state index is 12.0. The Balaban J connectivity index is 4.58. The molecule has 10 heavy (non-hydrogen) atoms. The second-order valence-electron chi connectivity index (χ2n) is 1.81. The molecule has 4 nitrogen and oxygen atoms in total. The molecule has 0 rings (SSSR count). The first-order valence-corrected chi connectivity index (χ1v) is 3.92. The molecule has 0 aliphatic rings. The van der Waals surface area contributed by atoms with E-state index in [-0.39, 0.29) is 0 Å². The van der Waals surface area contributed by atoms with Crippen molar-refractivity contribution in [3.05, 3.63) is 0 Å². The number of rotatable bonds is 2. The van der Waals surface area contributed by atoms with Crippen LogP contribution in [0.5, 0.6) is 0 Å². The average Bonchev–Trinajstić information content (AvgIpc) is 1.62. The average molecular weight is 176 g/mol. The topological polar surface area (TPSA) is 77.8 Å². The maximum atomic E-state index is 12.0. The van der Waals surface area contributed by atoms with Gasteiger partial charge in [0.1, 0.15) is 6.10 Å². The molecule has 0 aromatic carbocycles. The van der Waals surface area contributed by atoms with Crippen molar-refractivity contribution in [3.8, 4) is 0 Å². The largest absolute Gasteiger partial charge is 0.397 e. The van der Waals surface area contributed by atoms with Crippen LogP contribution in [0.15, 0.2) is 0 Å². The van der Waals surface area contributed by atoms with Crippen LogP contribution >= 0.6 is 7.60 Å². The second-order valence-corrected chi connectivity index (χ2v) is 3.49. The molecule has 62 valence electrons. The van der Waals surface area contributed by atoms with E-state index in [0.717, 1.165) is 0 Å². The van der Waals surface area contributed by atoms with Crippen LogP contribution < -0.4 is 0 Å². The monoisotopic (exact) mass is 176 g/mol. The van der Waals surface area contributed by atoms with Crippen molar-refractivity contribution in [2.75, 3.05) is 0 Å². The third-order valence-electron chi connectivity index (χ3n) is 0.891. The lowest BCUT2D eigenvalue weighted by Crippen LogP contribution is -2.30. The molecule has 0 aliphatic carbocycles. The summed E-state index contributed by atoms with van der Waals surface area (Å²) in [7, 11) is -5.51. The smallest absolute Gasteiger partial charge is 0.386 e. The highest BCUT2D eigenvalue weighted by Crippen LogP contribution is 2.54. The van der Waals surface area contributed by atoms with Gasteiger partial charge in [0.2, 0.25) is 0 Å². The fourth-order valence-corrected chi connectivity index (χ4v) is 0.730. The van der Waals surface area contributed by atoms with Crippen LogP contribution in [0.2, 0.25) is 0 Å². The van der Waals surface area contributed by atoms with Gasteiger partial charge in [0.15, 0.2) is 0 Å².